The summed E-state index contributed by atoms with van der Waals surface area (Å²) < 4.78 is 0. The molecule has 5 heteroatoms. The number of rotatable bonds is 6. The maximum Gasteiger partial charge on any atom is 0.223 e. The molecular weight excluding hydrogens is 236 g/mol. The fourth-order valence-electron chi connectivity index (χ4n) is 2.00. The molecule has 0 saturated carbocycles. The third-order valence-electron chi connectivity index (χ3n) is 2.80. The first kappa shape index (κ1) is 14.5. The molecule has 4 nitrogen and oxygen atoms in total. The second-order valence-corrected chi connectivity index (χ2v) is 6.26. The quantitative estimate of drug-likeness (QED) is 0.672. The van der Waals surface area contributed by atoms with Crippen LogP contribution in [-0.4, -0.2) is 59.8 Å². The van der Waals surface area contributed by atoms with E-state index in [1.165, 1.54) is 11.8 Å². The Hall–Kier alpha value is -0.550. The van der Waals surface area contributed by atoms with E-state index in [1.807, 2.05) is 4.90 Å². The van der Waals surface area contributed by atoms with Crippen LogP contribution in [0.15, 0.2) is 0 Å². The molecule has 1 amide bonds. The van der Waals surface area contributed by atoms with Crippen LogP contribution in [0, 0.1) is 0 Å². The van der Waals surface area contributed by atoms with Gasteiger partial charge in [0.15, 0.2) is 5.12 Å². The minimum absolute atomic E-state index is 0.109. The molecule has 1 aliphatic rings. The highest BCUT2D eigenvalue weighted by molar-refractivity contribution is 8.14. The van der Waals surface area contributed by atoms with Crippen LogP contribution >= 0.6 is 11.8 Å². The van der Waals surface area contributed by atoms with Crippen molar-refractivity contribution in [2.45, 2.75) is 31.4 Å². The topological polar surface area (TPSA) is 40.6 Å². The summed E-state index contributed by atoms with van der Waals surface area (Å²) in [6, 6.07) is 0. The molecule has 1 unspecified atom stereocenters. The van der Waals surface area contributed by atoms with Crippen molar-refractivity contribution in [3.05, 3.63) is 0 Å². The van der Waals surface area contributed by atoms with Crippen LogP contribution in [0.4, 0.5) is 0 Å². The largest absolute Gasteiger partial charge is 0.342 e. The van der Waals surface area contributed by atoms with Crippen molar-refractivity contribution >= 4 is 22.8 Å². The number of unbranched alkanes of at least 4 members (excludes halogenated alkanes) is 1. The van der Waals surface area contributed by atoms with Gasteiger partial charge < -0.3 is 9.80 Å². The number of hydrogen-bond acceptors (Lipinski definition) is 4. The monoisotopic (exact) mass is 258 g/mol. The van der Waals surface area contributed by atoms with Gasteiger partial charge in [-0.1, -0.05) is 11.8 Å². The number of hydrogen-bond donors (Lipinski definition) is 0. The maximum absolute atomic E-state index is 11.7. The zero-order chi connectivity index (χ0) is 12.8. The summed E-state index contributed by atoms with van der Waals surface area (Å²) in [6.07, 6.45) is 2.68. The first-order valence-corrected chi connectivity index (χ1v) is 6.96. The smallest absolute Gasteiger partial charge is 0.223 e. The lowest BCUT2D eigenvalue weighted by molar-refractivity contribution is -0.127. The molecule has 0 aromatic heterocycles. The van der Waals surface area contributed by atoms with Crippen LogP contribution in [0.3, 0.4) is 0 Å². The van der Waals surface area contributed by atoms with Crippen molar-refractivity contribution in [1.82, 2.24) is 9.80 Å². The molecule has 1 fully saturated rings. The van der Waals surface area contributed by atoms with E-state index >= 15 is 0 Å². The van der Waals surface area contributed by atoms with Gasteiger partial charge in [0.1, 0.15) is 0 Å². The average molecular weight is 258 g/mol. The Balaban J connectivity index is 2.21. The van der Waals surface area contributed by atoms with E-state index in [-0.39, 0.29) is 16.3 Å². The summed E-state index contributed by atoms with van der Waals surface area (Å²) in [5.41, 5.74) is 0. The van der Waals surface area contributed by atoms with Gasteiger partial charge in [0.2, 0.25) is 5.91 Å². The third-order valence-corrected chi connectivity index (χ3v) is 3.78. The molecule has 1 aliphatic heterocycles. The van der Waals surface area contributed by atoms with E-state index in [4.69, 9.17) is 0 Å². The minimum atomic E-state index is 0.109. The first-order valence-electron chi connectivity index (χ1n) is 6.08. The van der Waals surface area contributed by atoms with Crippen LogP contribution < -0.4 is 0 Å². The summed E-state index contributed by atoms with van der Waals surface area (Å²) >= 11 is 1.30. The molecule has 0 aromatic rings. The molecule has 0 aromatic carbocycles. The predicted octanol–water partition coefficient (Wildman–Crippen LogP) is 1.21. The molecule has 0 aliphatic carbocycles. The van der Waals surface area contributed by atoms with Crippen LogP contribution in [0.2, 0.25) is 0 Å². The number of nitrogens with zero attached hydrogens (tertiary/aromatic N) is 2. The van der Waals surface area contributed by atoms with Gasteiger partial charge in [0.05, 0.1) is 0 Å². The highest BCUT2D eigenvalue weighted by Crippen LogP contribution is 2.24. The lowest BCUT2D eigenvalue weighted by Crippen LogP contribution is -2.27. The van der Waals surface area contributed by atoms with Gasteiger partial charge in [0, 0.05) is 31.7 Å². The van der Waals surface area contributed by atoms with Gasteiger partial charge in [-0.05, 0) is 33.5 Å². The highest BCUT2D eigenvalue weighted by Gasteiger charge is 2.30. The van der Waals surface area contributed by atoms with Gasteiger partial charge in [0.25, 0.3) is 0 Å². The van der Waals surface area contributed by atoms with Crippen LogP contribution in [0.1, 0.15) is 26.2 Å². The van der Waals surface area contributed by atoms with Crippen LogP contribution in [0.5, 0.6) is 0 Å². The van der Waals surface area contributed by atoms with Crippen LogP contribution in [-0.2, 0) is 9.59 Å². The van der Waals surface area contributed by atoms with E-state index in [0.29, 0.717) is 6.42 Å². The zero-order valence-electron chi connectivity index (χ0n) is 10.9. The van der Waals surface area contributed by atoms with E-state index < -0.39 is 0 Å². The van der Waals surface area contributed by atoms with Gasteiger partial charge in [-0.2, -0.15) is 0 Å². The minimum Gasteiger partial charge on any atom is -0.342 e. The zero-order valence-corrected chi connectivity index (χ0v) is 11.8. The number of carbonyl (C=O) groups is 2. The Morgan fingerprint density at radius 2 is 2.18 bits per heavy atom. The Kier molecular flexibility index (Phi) is 5.98. The fourth-order valence-corrected chi connectivity index (χ4v) is 2.95. The fraction of sp³-hybridized carbons (Fsp3) is 0.833. The van der Waals surface area contributed by atoms with Crippen molar-refractivity contribution in [3.63, 3.8) is 0 Å². The number of likely N-dealkylation sites (tertiary alicyclic amines) is 1. The van der Waals surface area contributed by atoms with E-state index in [2.05, 4.69) is 19.0 Å². The predicted molar refractivity (Wildman–Crippen MR) is 71.0 cm³/mol. The third kappa shape index (κ3) is 5.55. The molecule has 1 rings (SSSR count). The van der Waals surface area contributed by atoms with Gasteiger partial charge in [-0.15, -0.1) is 0 Å². The van der Waals surface area contributed by atoms with Crippen molar-refractivity contribution < 1.29 is 9.59 Å². The summed E-state index contributed by atoms with van der Waals surface area (Å²) in [5, 5.41) is 0.283. The Labute approximate surface area is 108 Å². The normalized spacial score (nSPS) is 20.4. The summed E-state index contributed by atoms with van der Waals surface area (Å²) in [5.74, 6) is 0.202. The average Bonchev–Trinajstić information content (AvgIpc) is 2.52. The molecule has 1 atom stereocenters. The maximum atomic E-state index is 11.7. The molecular formula is C12H22N2O2S. The van der Waals surface area contributed by atoms with Gasteiger partial charge in [-0.25, -0.2) is 0 Å². The SMILES string of the molecule is CC(=O)SC1CC(=O)N(CCCCN(C)C)C1. The van der Waals surface area contributed by atoms with E-state index in [1.54, 1.807) is 6.92 Å². The second-order valence-electron chi connectivity index (χ2n) is 4.79. The van der Waals surface area contributed by atoms with Crippen molar-refractivity contribution in [2.24, 2.45) is 0 Å². The van der Waals surface area contributed by atoms with Crippen molar-refractivity contribution in [2.75, 3.05) is 33.7 Å². The Morgan fingerprint density at radius 3 is 2.76 bits per heavy atom. The number of carbonyl (C=O) groups excluding carboxylic acids is 2. The molecule has 0 radical (unpaired) electrons. The first-order chi connectivity index (χ1) is 7.99. The van der Waals surface area contributed by atoms with Gasteiger partial charge >= 0.3 is 0 Å². The highest BCUT2D eigenvalue weighted by atomic mass is 32.2. The molecule has 0 N–H and O–H groups in total. The molecule has 0 bridgehead atoms. The lowest BCUT2D eigenvalue weighted by Gasteiger charge is -2.17. The molecule has 17 heavy (non-hydrogen) atoms. The van der Waals surface area contributed by atoms with E-state index in [0.717, 1.165) is 32.5 Å². The van der Waals surface area contributed by atoms with Crippen LogP contribution in [0.25, 0.3) is 0 Å². The van der Waals surface area contributed by atoms with Crippen molar-refractivity contribution in [1.29, 1.82) is 0 Å². The molecule has 1 saturated heterocycles. The summed E-state index contributed by atoms with van der Waals surface area (Å²) in [7, 11) is 4.11. The van der Waals surface area contributed by atoms with E-state index in [9.17, 15) is 9.59 Å². The second kappa shape index (κ2) is 7.01. The standard InChI is InChI=1S/C12H22N2O2S/c1-10(15)17-11-8-12(16)14(9-11)7-5-4-6-13(2)3/h11H,4-9H2,1-3H3. The Morgan fingerprint density at radius 1 is 1.47 bits per heavy atom. The molecule has 1 heterocycles. The Bertz CT molecular complexity index is 282. The summed E-state index contributed by atoms with van der Waals surface area (Å²) in [4.78, 5) is 26.7. The molecule has 98 valence electrons. The lowest BCUT2D eigenvalue weighted by atomic mass is 10.3. The number of thioether (sulfide) groups is 1. The van der Waals surface area contributed by atoms with Crippen molar-refractivity contribution in [3.8, 4) is 0 Å². The number of amides is 1. The van der Waals surface area contributed by atoms with Gasteiger partial charge in [-0.3, -0.25) is 9.59 Å². The molecule has 0 spiro atoms. The summed E-state index contributed by atoms with van der Waals surface area (Å²) in [6.45, 7) is 4.20.